The Bertz CT molecular complexity index is 876. The lowest BCUT2D eigenvalue weighted by Gasteiger charge is -2.11. The zero-order chi connectivity index (χ0) is 19.9. The molecule has 0 spiro atoms. The third-order valence-corrected chi connectivity index (χ3v) is 5.92. The van der Waals surface area contributed by atoms with Crippen LogP contribution in [0.2, 0.25) is 0 Å². The van der Waals surface area contributed by atoms with Gasteiger partial charge in [-0.2, -0.15) is 0 Å². The number of carbonyl (C=O) groups is 1. The Kier molecular flexibility index (Phi) is 7.24. The maximum absolute atomic E-state index is 12.3. The summed E-state index contributed by atoms with van der Waals surface area (Å²) in [5.41, 5.74) is 1.92. The monoisotopic (exact) mass is 391 g/mol. The van der Waals surface area contributed by atoms with E-state index in [0.29, 0.717) is 24.5 Å². The maximum Gasteiger partial charge on any atom is 0.221 e. The van der Waals surface area contributed by atoms with Crippen molar-refractivity contribution in [3.05, 3.63) is 53.6 Å². The summed E-state index contributed by atoms with van der Waals surface area (Å²) < 4.78 is 35.0. The molecule has 146 valence electrons. The summed E-state index contributed by atoms with van der Waals surface area (Å²) in [7, 11) is -0.304. The van der Waals surface area contributed by atoms with E-state index in [1.54, 1.807) is 44.6 Å². The number of hydrogen-bond donors (Lipinski definition) is 1. The minimum absolute atomic E-state index is 0.0735. The average molecular weight is 391 g/mol. The van der Waals surface area contributed by atoms with Gasteiger partial charge in [-0.25, -0.2) is 8.42 Å². The van der Waals surface area contributed by atoms with Crippen molar-refractivity contribution in [1.29, 1.82) is 0 Å². The van der Waals surface area contributed by atoms with Crippen LogP contribution in [-0.2, 0) is 21.1 Å². The number of methoxy groups -OCH3 is 2. The highest BCUT2D eigenvalue weighted by Crippen LogP contribution is 2.24. The molecule has 0 radical (unpaired) electrons. The van der Waals surface area contributed by atoms with Crippen molar-refractivity contribution < 1.29 is 22.7 Å². The Morgan fingerprint density at radius 1 is 1.04 bits per heavy atom. The standard InChI is InChI=1S/C20H25NO5S/c1-15-4-8-18(9-5-15)27(23,24)13-11-20(22)21-12-10-16-6-7-17(25-2)14-19(16)26-3/h4-9,14H,10-13H2,1-3H3,(H,21,22). The average Bonchev–Trinajstić information content (AvgIpc) is 2.67. The molecule has 0 aliphatic carbocycles. The molecule has 0 unspecified atom stereocenters. The largest absolute Gasteiger partial charge is 0.497 e. The molecule has 0 atom stereocenters. The third kappa shape index (κ3) is 5.99. The molecule has 1 amide bonds. The number of aryl methyl sites for hydroxylation is 1. The van der Waals surface area contributed by atoms with Gasteiger partial charge in [0.15, 0.2) is 9.84 Å². The third-order valence-electron chi connectivity index (χ3n) is 4.19. The Labute approximate surface area is 160 Å². The van der Waals surface area contributed by atoms with Crippen LogP contribution in [0, 0.1) is 6.92 Å². The molecular formula is C20H25NO5S. The van der Waals surface area contributed by atoms with Crippen LogP contribution >= 0.6 is 0 Å². The predicted octanol–water partition coefficient (Wildman–Crippen LogP) is 2.53. The van der Waals surface area contributed by atoms with Crippen molar-refractivity contribution >= 4 is 15.7 Å². The number of hydrogen-bond acceptors (Lipinski definition) is 5. The molecule has 2 rings (SSSR count). The lowest BCUT2D eigenvalue weighted by Crippen LogP contribution is -2.27. The number of sulfone groups is 1. The minimum atomic E-state index is -3.46. The van der Waals surface area contributed by atoms with Crippen molar-refractivity contribution in [3.8, 4) is 11.5 Å². The first-order valence-electron chi connectivity index (χ1n) is 8.63. The van der Waals surface area contributed by atoms with Gasteiger partial charge in [-0.1, -0.05) is 23.8 Å². The first kappa shape index (κ1) is 20.8. The van der Waals surface area contributed by atoms with Gasteiger partial charge in [-0.3, -0.25) is 4.79 Å². The molecule has 27 heavy (non-hydrogen) atoms. The summed E-state index contributed by atoms with van der Waals surface area (Å²) in [5, 5.41) is 2.75. The summed E-state index contributed by atoms with van der Waals surface area (Å²) >= 11 is 0. The molecule has 0 saturated heterocycles. The van der Waals surface area contributed by atoms with Crippen LogP contribution < -0.4 is 14.8 Å². The summed E-state index contributed by atoms with van der Waals surface area (Å²) in [5.74, 6) is 0.873. The van der Waals surface area contributed by atoms with Crippen LogP contribution in [0.4, 0.5) is 0 Å². The fraction of sp³-hybridized carbons (Fsp3) is 0.350. The quantitative estimate of drug-likeness (QED) is 0.710. The van der Waals surface area contributed by atoms with Gasteiger partial charge in [0.05, 0.1) is 24.9 Å². The van der Waals surface area contributed by atoms with Gasteiger partial charge >= 0.3 is 0 Å². The van der Waals surface area contributed by atoms with Crippen molar-refractivity contribution in [2.45, 2.75) is 24.7 Å². The fourth-order valence-corrected chi connectivity index (χ4v) is 3.81. The van der Waals surface area contributed by atoms with Crippen molar-refractivity contribution in [1.82, 2.24) is 5.32 Å². The molecular weight excluding hydrogens is 366 g/mol. The molecule has 0 fully saturated rings. The molecule has 7 heteroatoms. The van der Waals surface area contributed by atoms with Crippen LogP contribution in [0.3, 0.4) is 0 Å². The minimum Gasteiger partial charge on any atom is -0.497 e. The zero-order valence-corrected chi connectivity index (χ0v) is 16.6. The van der Waals surface area contributed by atoms with Gasteiger partial charge in [-0.05, 0) is 37.1 Å². The van der Waals surface area contributed by atoms with Gasteiger partial charge in [0.2, 0.25) is 5.91 Å². The smallest absolute Gasteiger partial charge is 0.221 e. The molecule has 2 aromatic carbocycles. The van der Waals surface area contributed by atoms with Gasteiger partial charge in [-0.15, -0.1) is 0 Å². The molecule has 6 nitrogen and oxygen atoms in total. The lowest BCUT2D eigenvalue weighted by molar-refractivity contribution is -0.120. The summed E-state index contributed by atoms with van der Waals surface area (Å²) in [6.07, 6.45) is 0.500. The molecule has 0 bridgehead atoms. The van der Waals surface area contributed by atoms with E-state index >= 15 is 0 Å². The van der Waals surface area contributed by atoms with Gasteiger partial charge in [0.1, 0.15) is 11.5 Å². The van der Waals surface area contributed by atoms with E-state index in [9.17, 15) is 13.2 Å². The van der Waals surface area contributed by atoms with Crippen LogP contribution in [0.15, 0.2) is 47.4 Å². The summed E-state index contributed by atoms with van der Waals surface area (Å²) in [6, 6.07) is 12.1. The molecule has 0 saturated carbocycles. The Hall–Kier alpha value is -2.54. The van der Waals surface area contributed by atoms with Crippen molar-refractivity contribution in [3.63, 3.8) is 0 Å². The Balaban J connectivity index is 1.84. The lowest BCUT2D eigenvalue weighted by atomic mass is 10.1. The second-order valence-corrected chi connectivity index (χ2v) is 8.27. The summed E-state index contributed by atoms with van der Waals surface area (Å²) in [4.78, 5) is 12.2. The second kappa shape index (κ2) is 9.41. The number of amides is 1. The van der Waals surface area contributed by atoms with Gasteiger partial charge in [0.25, 0.3) is 0 Å². The highest BCUT2D eigenvalue weighted by molar-refractivity contribution is 7.91. The van der Waals surface area contributed by atoms with E-state index in [-0.39, 0.29) is 23.0 Å². The van der Waals surface area contributed by atoms with Crippen LogP contribution in [-0.4, -0.2) is 40.8 Å². The number of ether oxygens (including phenoxy) is 2. The first-order chi connectivity index (χ1) is 12.9. The van der Waals surface area contributed by atoms with E-state index in [2.05, 4.69) is 5.32 Å². The molecule has 0 aliphatic heterocycles. The maximum atomic E-state index is 12.3. The van der Waals surface area contributed by atoms with E-state index < -0.39 is 9.84 Å². The molecule has 0 heterocycles. The van der Waals surface area contributed by atoms with Crippen LogP contribution in [0.1, 0.15) is 17.5 Å². The van der Waals surface area contributed by atoms with Crippen molar-refractivity contribution in [2.24, 2.45) is 0 Å². The molecule has 1 N–H and O–H groups in total. The van der Waals surface area contributed by atoms with E-state index in [1.807, 2.05) is 19.1 Å². The molecule has 2 aromatic rings. The summed E-state index contributed by atoms with van der Waals surface area (Å²) in [6.45, 7) is 2.29. The molecule has 0 aliphatic rings. The molecule has 0 aromatic heterocycles. The highest BCUT2D eigenvalue weighted by atomic mass is 32.2. The number of benzene rings is 2. The number of rotatable bonds is 9. The number of nitrogens with one attached hydrogen (secondary N) is 1. The number of carbonyl (C=O) groups excluding carboxylic acids is 1. The Morgan fingerprint density at radius 3 is 2.37 bits per heavy atom. The second-order valence-electron chi connectivity index (χ2n) is 6.16. The van der Waals surface area contributed by atoms with Gasteiger partial charge in [0, 0.05) is 19.0 Å². The van der Waals surface area contributed by atoms with Crippen LogP contribution in [0.25, 0.3) is 0 Å². The fourth-order valence-electron chi connectivity index (χ4n) is 2.57. The van der Waals surface area contributed by atoms with Gasteiger partial charge < -0.3 is 14.8 Å². The van der Waals surface area contributed by atoms with Crippen molar-refractivity contribution in [2.75, 3.05) is 26.5 Å². The zero-order valence-electron chi connectivity index (χ0n) is 15.8. The SMILES string of the molecule is COc1ccc(CCNC(=O)CCS(=O)(=O)c2ccc(C)cc2)c(OC)c1. The van der Waals surface area contributed by atoms with E-state index in [1.165, 1.54) is 0 Å². The highest BCUT2D eigenvalue weighted by Gasteiger charge is 2.16. The van der Waals surface area contributed by atoms with Crippen LogP contribution in [0.5, 0.6) is 11.5 Å². The normalized spacial score (nSPS) is 11.1. The first-order valence-corrected chi connectivity index (χ1v) is 10.3. The topological polar surface area (TPSA) is 81.7 Å². The predicted molar refractivity (Wildman–Crippen MR) is 104 cm³/mol. The Morgan fingerprint density at radius 2 is 1.74 bits per heavy atom. The van der Waals surface area contributed by atoms with E-state index in [4.69, 9.17) is 9.47 Å². The van der Waals surface area contributed by atoms with E-state index in [0.717, 1.165) is 11.1 Å².